The highest BCUT2D eigenvalue weighted by Crippen LogP contribution is 2.25. The molecule has 0 aliphatic heterocycles. The van der Waals surface area contributed by atoms with E-state index in [0.29, 0.717) is 23.0 Å². The number of benzene rings is 2. The molecule has 2 aromatic carbocycles. The molecule has 0 radical (unpaired) electrons. The first-order valence-corrected chi connectivity index (χ1v) is 8.55. The van der Waals surface area contributed by atoms with Gasteiger partial charge in [0.05, 0.1) is 12.8 Å². The van der Waals surface area contributed by atoms with Gasteiger partial charge in [0.1, 0.15) is 11.4 Å². The van der Waals surface area contributed by atoms with E-state index in [-0.39, 0.29) is 0 Å². The lowest BCUT2D eigenvalue weighted by Crippen LogP contribution is -2.06. The number of nitrogens with one attached hydrogen (secondary N) is 2. The highest BCUT2D eigenvalue weighted by molar-refractivity contribution is 6.30. The summed E-state index contributed by atoms with van der Waals surface area (Å²) < 4.78 is 5.13. The molecule has 0 fully saturated rings. The number of aromatic amines is 1. The van der Waals surface area contributed by atoms with Gasteiger partial charge in [-0.15, -0.1) is 0 Å². The van der Waals surface area contributed by atoms with Gasteiger partial charge in [-0.3, -0.25) is 5.43 Å². The summed E-state index contributed by atoms with van der Waals surface area (Å²) in [6.45, 7) is 2.08. The SMILES string of the molecule is CCOC(=O)c1cc(-c2ccccc2)[nH]c1N/N=C/c1ccc(Cl)cc1. The Bertz CT molecular complexity index is 903. The van der Waals surface area contributed by atoms with Crippen LogP contribution in [0.25, 0.3) is 11.3 Å². The summed E-state index contributed by atoms with van der Waals surface area (Å²) in [4.78, 5) is 15.4. The number of carbonyl (C=O) groups excluding carboxylic acids is 1. The lowest BCUT2D eigenvalue weighted by Gasteiger charge is -2.03. The van der Waals surface area contributed by atoms with Gasteiger partial charge in [0.25, 0.3) is 0 Å². The van der Waals surface area contributed by atoms with Crippen molar-refractivity contribution in [3.05, 3.63) is 76.8 Å². The number of anilines is 1. The molecular formula is C20H18ClN3O2. The predicted molar refractivity (Wildman–Crippen MR) is 105 cm³/mol. The molecule has 0 bridgehead atoms. The third-order valence-corrected chi connectivity index (χ3v) is 3.91. The van der Waals surface area contributed by atoms with Crippen LogP contribution in [0.4, 0.5) is 5.82 Å². The van der Waals surface area contributed by atoms with Crippen LogP contribution in [-0.4, -0.2) is 23.8 Å². The van der Waals surface area contributed by atoms with Crippen LogP contribution >= 0.6 is 11.6 Å². The summed E-state index contributed by atoms with van der Waals surface area (Å²) >= 11 is 5.87. The third-order valence-electron chi connectivity index (χ3n) is 3.66. The number of ether oxygens (including phenoxy) is 1. The van der Waals surface area contributed by atoms with Crippen LogP contribution in [0.1, 0.15) is 22.8 Å². The Labute approximate surface area is 156 Å². The summed E-state index contributed by atoms with van der Waals surface area (Å²) in [5.74, 6) is 0.0719. The van der Waals surface area contributed by atoms with E-state index in [0.717, 1.165) is 16.8 Å². The fourth-order valence-corrected chi connectivity index (χ4v) is 2.53. The normalized spacial score (nSPS) is 10.8. The van der Waals surface area contributed by atoms with E-state index in [1.807, 2.05) is 42.5 Å². The zero-order valence-electron chi connectivity index (χ0n) is 14.2. The van der Waals surface area contributed by atoms with Gasteiger partial charge in [-0.1, -0.05) is 54.1 Å². The van der Waals surface area contributed by atoms with Crippen LogP contribution in [0.5, 0.6) is 0 Å². The minimum absolute atomic E-state index is 0.304. The predicted octanol–water partition coefficient (Wildman–Crippen LogP) is 4.96. The second-order valence-corrected chi connectivity index (χ2v) is 5.92. The number of carbonyl (C=O) groups is 1. The Morgan fingerprint density at radius 2 is 1.92 bits per heavy atom. The van der Waals surface area contributed by atoms with E-state index in [1.165, 1.54) is 0 Å². The van der Waals surface area contributed by atoms with Crippen molar-refractivity contribution in [1.29, 1.82) is 0 Å². The topological polar surface area (TPSA) is 66.5 Å². The maximum atomic E-state index is 12.2. The van der Waals surface area contributed by atoms with Crippen molar-refractivity contribution in [2.45, 2.75) is 6.92 Å². The van der Waals surface area contributed by atoms with Crippen LogP contribution < -0.4 is 5.43 Å². The van der Waals surface area contributed by atoms with Gasteiger partial charge in [-0.25, -0.2) is 4.79 Å². The lowest BCUT2D eigenvalue weighted by molar-refractivity contribution is 0.0527. The Hall–Kier alpha value is -3.05. The Kier molecular flexibility index (Phi) is 5.71. The molecule has 132 valence electrons. The van der Waals surface area contributed by atoms with Gasteiger partial charge in [0.15, 0.2) is 0 Å². The average Bonchev–Trinajstić information content (AvgIpc) is 3.09. The molecule has 3 aromatic rings. The molecule has 0 atom stereocenters. The fourth-order valence-electron chi connectivity index (χ4n) is 2.41. The molecule has 0 aliphatic rings. The number of hydrazone groups is 1. The molecule has 5 nitrogen and oxygen atoms in total. The number of H-pyrrole nitrogens is 1. The van der Waals surface area contributed by atoms with Crippen molar-refractivity contribution < 1.29 is 9.53 Å². The lowest BCUT2D eigenvalue weighted by atomic mass is 10.1. The van der Waals surface area contributed by atoms with Crippen LogP contribution in [0.15, 0.2) is 65.8 Å². The first kappa shape index (κ1) is 17.8. The quantitative estimate of drug-likeness (QED) is 0.367. The Morgan fingerprint density at radius 1 is 1.19 bits per heavy atom. The second-order valence-electron chi connectivity index (χ2n) is 5.48. The number of hydrogen-bond acceptors (Lipinski definition) is 4. The van der Waals surface area contributed by atoms with E-state index in [1.54, 1.807) is 31.3 Å². The van der Waals surface area contributed by atoms with E-state index in [4.69, 9.17) is 16.3 Å². The zero-order chi connectivity index (χ0) is 18.4. The Balaban J connectivity index is 1.85. The molecule has 26 heavy (non-hydrogen) atoms. The highest BCUT2D eigenvalue weighted by atomic mass is 35.5. The minimum Gasteiger partial charge on any atom is -0.462 e. The van der Waals surface area contributed by atoms with E-state index >= 15 is 0 Å². The zero-order valence-corrected chi connectivity index (χ0v) is 15.0. The van der Waals surface area contributed by atoms with Gasteiger partial charge in [0.2, 0.25) is 0 Å². The van der Waals surface area contributed by atoms with E-state index in [2.05, 4.69) is 15.5 Å². The molecule has 0 unspecified atom stereocenters. The molecule has 3 rings (SSSR count). The highest BCUT2D eigenvalue weighted by Gasteiger charge is 2.17. The summed E-state index contributed by atoms with van der Waals surface area (Å²) in [5, 5.41) is 4.86. The fraction of sp³-hybridized carbons (Fsp3) is 0.100. The van der Waals surface area contributed by atoms with Crippen LogP contribution in [-0.2, 0) is 4.74 Å². The molecule has 1 heterocycles. The molecule has 0 saturated carbocycles. The first-order chi connectivity index (χ1) is 12.7. The maximum absolute atomic E-state index is 12.2. The summed E-state index contributed by atoms with van der Waals surface area (Å²) in [5.41, 5.74) is 5.94. The summed E-state index contributed by atoms with van der Waals surface area (Å²) in [6.07, 6.45) is 1.65. The standard InChI is InChI=1S/C20H18ClN3O2/c1-2-26-20(25)17-12-18(15-6-4-3-5-7-15)23-19(17)24-22-13-14-8-10-16(21)11-9-14/h3-13,23-24H,2H2,1H3/b22-13+. The average molecular weight is 368 g/mol. The summed E-state index contributed by atoms with van der Waals surface area (Å²) in [6, 6.07) is 18.8. The minimum atomic E-state index is -0.407. The van der Waals surface area contributed by atoms with Crippen molar-refractivity contribution in [1.82, 2.24) is 4.98 Å². The maximum Gasteiger partial charge on any atom is 0.341 e. The number of hydrogen-bond donors (Lipinski definition) is 2. The van der Waals surface area contributed by atoms with Crippen LogP contribution in [0.3, 0.4) is 0 Å². The molecule has 0 spiro atoms. The molecule has 0 amide bonds. The third kappa shape index (κ3) is 4.32. The first-order valence-electron chi connectivity index (χ1n) is 8.17. The van der Waals surface area contributed by atoms with Gasteiger partial charge >= 0.3 is 5.97 Å². The Morgan fingerprint density at radius 3 is 2.62 bits per heavy atom. The van der Waals surface area contributed by atoms with Gasteiger partial charge < -0.3 is 9.72 Å². The molecule has 0 aliphatic carbocycles. The number of nitrogens with zero attached hydrogens (tertiary/aromatic N) is 1. The number of halogens is 1. The van der Waals surface area contributed by atoms with Gasteiger partial charge in [-0.2, -0.15) is 5.10 Å². The number of rotatable bonds is 6. The monoisotopic (exact) mass is 367 g/mol. The molecule has 0 saturated heterocycles. The number of esters is 1. The largest absolute Gasteiger partial charge is 0.462 e. The number of aromatic nitrogens is 1. The van der Waals surface area contributed by atoms with Crippen molar-refractivity contribution >= 4 is 29.6 Å². The molecular weight excluding hydrogens is 350 g/mol. The molecule has 2 N–H and O–H groups in total. The molecule has 6 heteroatoms. The van der Waals surface area contributed by atoms with Gasteiger partial charge in [0, 0.05) is 10.7 Å². The van der Waals surface area contributed by atoms with Crippen LogP contribution in [0.2, 0.25) is 5.02 Å². The van der Waals surface area contributed by atoms with Crippen molar-refractivity contribution in [2.75, 3.05) is 12.0 Å². The summed E-state index contributed by atoms with van der Waals surface area (Å²) in [7, 11) is 0. The van der Waals surface area contributed by atoms with Crippen molar-refractivity contribution in [2.24, 2.45) is 5.10 Å². The smallest absolute Gasteiger partial charge is 0.341 e. The van der Waals surface area contributed by atoms with Crippen LogP contribution in [0, 0.1) is 0 Å². The second kappa shape index (κ2) is 8.36. The molecule has 1 aromatic heterocycles. The van der Waals surface area contributed by atoms with Gasteiger partial charge in [-0.05, 0) is 36.2 Å². The van der Waals surface area contributed by atoms with Crippen molar-refractivity contribution in [3.63, 3.8) is 0 Å². The van der Waals surface area contributed by atoms with E-state index in [9.17, 15) is 4.79 Å². The van der Waals surface area contributed by atoms with Crippen molar-refractivity contribution in [3.8, 4) is 11.3 Å². The van der Waals surface area contributed by atoms with E-state index < -0.39 is 5.97 Å².